The minimum atomic E-state index is -5.82. The maximum Gasteiger partial charge on any atom is 0.523 e. The highest BCUT2D eigenvalue weighted by molar-refractivity contribution is 9.10. The molecule has 0 heterocycles. The molecule has 0 fully saturated rings. The van der Waals surface area contributed by atoms with E-state index in [0.717, 1.165) is 4.47 Å². The van der Waals surface area contributed by atoms with Gasteiger partial charge in [-0.25, -0.2) is 3.63 Å². The summed E-state index contributed by atoms with van der Waals surface area (Å²) >= 11 is 3.21. The molecule has 0 aliphatic rings. The van der Waals surface area contributed by atoms with Crippen molar-refractivity contribution in [1.29, 1.82) is 0 Å². The van der Waals surface area contributed by atoms with Gasteiger partial charge in [-0.05, 0) is 17.7 Å². The lowest BCUT2D eigenvalue weighted by Crippen LogP contribution is -2.30. The Kier molecular flexibility index (Phi) is 7.36. The summed E-state index contributed by atoms with van der Waals surface area (Å²) < 4.78 is 65.8. The number of hydrogen-bond donors (Lipinski definition) is 2. The van der Waals surface area contributed by atoms with Crippen LogP contribution in [-0.2, 0) is 19.5 Å². The maximum atomic E-state index is 12.6. The lowest BCUT2D eigenvalue weighted by molar-refractivity contribution is -0.0496. The molecule has 0 spiro atoms. The molecule has 23 heavy (non-hydrogen) atoms. The zero-order chi connectivity index (χ0) is 17.7. The summed E-state index contributed by atoms with van der Waals surface area (Å²) in [5.41, 5.74) is -5.02. The molecule has 0 saturated carbocycles. The number of hydrogen-bond acceptors (Lipinski definition) is 5. The average molecular weight is 441 g/mol. The summed E-state index contributed by atoms with van der Waals surface area (Å²) in [7, 11) is -8.75. The Morgan fingerprint density at radius 3 is 1.91 bits per heavy atom. The van der Waals surface area contributed by atoms with Gasteiger partial charge < -0.3 is 10.2 Å². The van der Waals surface area contributed by atoms with Crippen LogP contribution < -0.4 is 0 Å². The lowest BCUT2D eigenvalue weighted by atomic mass is 10.2. The van der Waals surface area contributed by atoms with Crippen LogP contribution in [0, 0.1) is 0 Å². The van der Waals surface area contributed by atoms with Gasteiger partial charge >= 0.3 is 15.6 Å². The Morgan fingerprint density at radius 2 is 1.52 bits per heavy atom. The summed E-state index contributed by atoms with van der Waals surface area (Å²) in [6.07, 6.45) is 0. The van der Waals surface area contributed by atoms with Crippen molar-refractivity contribution < 1.29 is 35.4 Å². The third kappa shape index (κ3) is 5.91. The summed E-state index contributed by atoms with van der Waals surface area (Å²) in [5, 5.41) is 18.3. The van der Waals surface area contributed by atoms with E-state index in [4.69, 9.17) is 10.2 Å². The number of benzene rings is 1. The van der Waals surface area contributed by atoms with E-state index in [1.165, 1.54) is 0 Å². The molecule has 1 aromatic carbocycles. The third-order valence-corrected chi connectivity index (χ3v) is 8.47. The van der Waals surface area contributed by atoms with Crippen molar-refractivity contribution in [3.63, 3.8) is 0 Å². The zero-order valence-electron chi connectivity index (χ0n) is 11.8. The fourth-order valence-electron chi connectivity index (χ4n) is 1.78. The van der Waals surface area contributed by atoms with Crippen LogP contribution >= 0.6 is 26.2 Å². The van der Waals surface area contributed by atoms with E-state index >= 15 is 0 Å². The predicted octanol–water partition coefficient (Wildman–Crippen LogP) is 2.52. The Bertz CT molecular complexity index is 598. The van der Waals surface area contributed by atoms with Crippen molar-refractivity contribution in [2.45, 2.75) is 11.3 Å². The normalized spacial score (nSPS) is 14.0. The SMILES string of the molecule is O=S(=O)(OS(CCO)(CCO)Cc1ccc(Br)cc1)C(F)(F)F. The second kappa shape index (κ2) is 8.17. The number of aliphatic hydroxyl groups excluding tert-OH is 2. The van der Waals surface area contributed by atoms with E-state index in [-0.39, 0.29) is 17.3 Å². The van der Waals surface area contributed by atoms with Crippen LogP contribution in [0.5, 0.6) is 0 Å². The van der Waals surface area contributed by atoms with Gasteiger partial charge in [0.05, 0.1) is 13.2 Å². The number of halogens is 4. The highest BCUT2D eigenvalue weighted by atomic mass is 79.9. The molecule has 1 rings (SSSR count). The van der Waals surface area contributed by atoms with E-state index in [1.807, 2.05) is 0 Å². The molecular formula is C12H16BrF3O5S2. The van der Waals surface area contributed by atoms with Crippen LogP contribution in [-0.4, -0.2) is 48.9 Å². The van der Waals surface area contributed by atoms with Crippen molar-refractivity contribution in [2.24, 2.45) is 0 Å². The molecule has 0 amide bonds. The van der Waals surface area contributed by atoms with Gasteiger partial charge in [0.1, 0.15) is 0 Å². The van der Waals surface area contributed by atoms with Crippen molar-refractivity contribution in [1.82, 2.24) is 0 Å². The Hall–Kier alpha value is -0.330. The molecule has 0 aliphatic heterocycles. The first-order chi connectivity index (χ1) is 10.6. The second-order valence-corrected chi connectivity index (χ2v) is 10.4. The molecule has 11 heteroatoms. The molecule has 0 atom stereocenters. The molecule has 0 unspecified atom stereocenters. The van der Waals surface area contributed by atoms with Gasteiger partial charge in [-0.3, -0.25) is 0 Å². The van der Waals surface area contributed by atoms with E-state index in [9.17, 15) is 21.6 Å². The van der Waals surface area contributed by atoms with Crippen LogP contribution in [0.3, 0.4) is 0 Å². The molecule has 0 aromatic heterocycles. The minimum absolute atomic E-state index is 0.128. The van der Waals surface area contributed by atoms with Crippen molar-refractivity contribution in [3.8, 4) is 0 Å². The summed E-state index contributed by atoms with van der Waals surface area (Å²) in [6.45, 7) is -1.11. The van der Waals surface area contributed by atoms with Crippen molar-refractivity contribution in [2.75, 3.05) is 24.7 Å². The molecule has 134 valence electrons. The first-order valence-electron chi connectivity index (χ1n) is 6.30. The zero-order valence-corrected chi connectivity index (χ0v) is 15.0. The molecule has 0 saturated heterocycles. The van der Waals surface area contributed by atoms with E-state index in [2.05, 4.69) is 19.6 Å². The molecule has 0 aliphatic carbocycles. The minimum Gasteiger partial charge on any atom is -0.395 e. The largest absolute Gasteiger partial charge is 0.523 e. The quantitative estimate of drug-likeness (QED) is 0.606. The first kappa shape index (κ1) is 20.7. The summed E-state index contributed by atoms with van der Waals surface area (Å²) in [5.74, 6) is -0.714. The lowest BCUT2D eigenvalue weighted by Gasteiger charge is -2.37. The van der Waals surface area contributed by atoms with Gasteiger partial charge in [-0.1, -0.05) is 28.1 Å². The van der Waals surface area contributed by atoms with Crippen LogP contribution in [0.15, 0.2) is 28.7 Å². The third-order valence-electron chi connectivity index (χ3n) is 2.79. The smallest absolute Gasteiger partial charge is 0.395 e. The topological polar surface area (TPSA) is 83.8 Å². The highest BCUT2D eigenvalue weighted by Crippen LogP contribution is 2.54. The maximum absolute atomic E-state index is 12.6. The van der Waals surface area contributed by atoms with Gasteiger partial charge in [0.15, 0.2) is 0 Å². The second-order valence-electron chi connectivity index (χ2n) is 4.56. The van der Waals surface area contributed by atoms with Crippen LogP contribution in [0.2, 0.25) is 0 Å². The van der Waals surface area contributed by atoms with Crippen molar-refractivity contribution in [3.05, 3.63) is 34.3 Å². The Balaban J connectivity index is 3.18. The van der Waals surface area contributed by atoms with Gasteiger partial charge in [-0.15, -0.1) is 10.3 Å². The summed E-state index contributed by atoms with van der Waals surface area (Å²) in [4.78, 5) is 0. The number of rotatable bonds is 8. The molecular weight excluding hydrogens is 425 g/mol. The Morgan fingerprint density at radius 1 is 1.04 bits per heavy atom. The van der Waals surface area contributed by atoms with Gasteiger partial charge in [-0.2, -0.15) is 21.6 Å². The van der Waals surface area contributed by atoms with Crippen LogP contribution in [0.25, 0.3) is 0 Å². The number of aliphatic hydroxyl groups is 2. The number of alkyl halides is 3. The molecule has 2 N–H and O–H groups in total. The first-order valence-corrected chi connectivity index (χ1v) is 10.6. The van der Waals surface area contributed by atoms with Gasteiger partial charge in [0.2, 0.25) is 0 Å². The van der Waals surface area contributed by atoms with Crippen LogP contribution in [0.1, 0.15) is 5.56 Å². The summed E-state index contributed by atoms with van der Waals surface area (Å²) in [6, 6.07) is 6.50. The molecule has 0 bridgehead atoms. The standard InChI is InChI=1S/C12H16BrF3O5S2/c13-11-3-1-10(2-4-11)9-22(7-5-17,8-6-18)21-23(19,20)12(14,15)16/h1-4,17-18H,5-9H2. The molecule has 5 nitrogen and oxygen atoms in total. The van der Waals surface area contributed by atoms with E-state index in [0.29, 0.717) is 5.56 Å². The van der Waals surface area contributed by atoms with E-state index in [1.54, 1.807) is 24.3 Å². The van der Waals surface area contributed by atoms with Crippen LogP contribution in [0.4, 0.5) is 13.2 Å². The van der Waals surface area contributed by atoms with Gasteiger partial charge in [0, 0.05) is 21.7 Å². The monoisotopic (exact) mass is 440 g/mol. The average Bonchev–Trinajstić information content (AvgIpc) is 2.40. The predicted molar refractivity (Wildman–Crippen MR) is 85.4 cm³/mol. The van der Waals surface area contributed by atoms with Gasteiger partial charge in [0.25, 0.3) is 0 Å². The fraction of sp³-hybridized carbons (Fsp3) is 0.500. The van der Waals surface area contributed by atoms with E-state index < -0.39 is 39.1 Å². The molecule has 1 aromatic rings. The fourth-order valence-corrected chi connectivity index (χ4v) is 6.57. The molecule has 0 radical (unpaired) electrons. The van der Waals surface area contributed by atoms with Crippen molar-refractivity contribution >= 4 is 36.4 Å². The highest BCUT2D eigenvalue weighted by Gasteiger charge is 2.50. The Labute approximate surface area is 142 Å².